The summed E-state index contributed by atoms with van der Waals surface area (Å²) in [4.78, 5) is 0. The second kappa shape index (κ2) is 8.90. The lowest BCUT2D eigenvalue weighted by Gasteiger charge is -2.09. The lowest BCUT2D eigenvalue weighted by molar-refractivity contribution is 0.399. The van der Waals surface area contributed by atoms with E-state index < -0.39 is 0 Å². The van der Waals surface area contributed by atoms with Crippen LogP contribution in [-0.2, 0) is 12.3 Å². The van der Waals surface area contributed by atoms with Crippen molar-refractivity contribution in [1.29, 1.82) is 0 Å². The first-order valence-corrected chi connectivity index (χ1v) is 12.2. The van der Waals surface area contributed by atoms with Gasteiger partial charge in [0.2, 0.25) is 5.89 Å². The van der Waals surface area contributed by atoms with Gasteiger partial charge in [-0.1, -0.05) is 77.6 Å². The van der Waals surface area contributed by atoms with Gasteiger partial charge in [0.1, 0.15) is 22.8 Å². The number of hydrogen-bond acceptors (Lipinski definition) is 8. The van der Waals surface area contributed by atoms with E-state index in [2.05, 4.69) is 54.4 Å². The van der Waals surface area contributed by atoms with E-state index in [1.54, 1.807) is 11.8 Å². The molecule has 1 aliphatic carbocycles. The van der Waals surface area contributed by atoms with Gasteiger partial charge in [-0.2, -0.15) is 0 Å². The molecule has 34 heavy (non-hydrogen) atoms. The van der Waals surface area contributed by atoms with Gasteiger partial charge in [-0.25, -0.2) is 0 Å². The van der Waals surface area contributed by atoms with Crippen molar-refractivity contribution in [2.75, 3.05) is 0 Å². The van der Waals surface area contributed by atoms with Crippen LogP contribution in [0.1, 0.15) is 41.8 Å². The molecule has 0 radical (unpaired) electrons. The quantitative estimate of drug-likeness (QED) is 0.274. The maximum atomic E-state index is 6.02. The molecule has 1 aliphatic rings. The Bertz CT molecular complexity index is 1410. The molecule has 0 bridgehead atoms. The van der Waals surface area contributed by atoms with Crippen LogP contribution in [0.2, 0.25) is 0 Å². The van der Waals surface area contributed by atoms with Gasteiger partial charge in [-0.05, 0) is 25.3 Å². The monoisotopic (exact) mass is 470 g/mol. The number of aryl methyl sites for hydroxylation is 1. The van der Waals surface area contributed by atoms with Gasteiger partial charge < -0.3 is 13.5 Å². The Morgan fingerprint density at radius 2 is 1.71 bits per heavy atom. The van der Waals surface area contributed by atoms with Crippen molar-refractivity contribution < 1.29 is 8.94 Å². The van der Waals surface area contributed by atoms with Gasteiger partial charge in [-0.15, -0.1) is 20.4 Å². The normalized spacial score (nSPS) is 13.4. The van der Waals surface area contributed by atoms with Crippen LogP contribution in [0.5, 0.6) is 0 Å². The average Bonchev–Trinajstić information content (AvgIpc) is 3.29. The zero-order valence-electron chi connectivity index (χ0n) is 18.6. The van der Waals surface area contributed by atoms with E-state index in [4.69, 9.17) is 8.94 Å². The number of aromatic nitrogens is 6. The first-order chi connectivity index (χ1) is 16.8. The van der Waals surface area contributed by atoms with Crippen molar-refractivity contribution in [3.8, 4) is 22.7 Å². The third-order valence-electron chi connectivity index (χ3n) is 5.79. The number of nitrogens with zero attached hydrogens (tertiary/aromatic N) is 6. The van der Waals surface area contributed by atoms with Crippen molar-refractivity contribution in [2.45, 2.75) is 43.1 Å². The lowest BCUT2D eigenvalue weighted by Crippen LogP contribution is -2.06. The fourth-order valence-corrected chi connectivity index (χ4v) is 4.70. The Hall–Kier alpha value is -3.72. The van der Waals surface area contributed by atoms with E-state index in [1.165, 1.54) is 18.4 Å². The highest BCUT2D eigenvalue weighted by atomic mass is 32.2. The van der Waals surface area contributed by atoms with Crippen LogP contribution in [0.15, 0.2) is 74.8 Å². The Morgan fingerprint density at radius 3 is 2.47 bits per heavy atom. The molecule has 0 amide bonds. The number of hydrogen-bond donors (Lipinski definition) is 0. The smallest absolute Gasteiger partial charge is 0.253 e. The van der Waals surface area contributed by atoms with Crippen molar-refractivity contribution in [2.24, 2.45) is 0 Å². The topological polar surface area (TPSA) is 95.7 Å². The molecule has 5 aromatic rings. The molecule has 0 unspecified atom stereocenters. The third kappa shape index (κ3) is 4.14. The highest BCUT2D eigenvalue weighted by molar-refractivity contribution is 7.98. The molecule has 0 spiro atoms. The van der Waals surface area contributed by atoms with E-state index >= 15 is 0 Å². The summed E-state index contributed by atoms with van der Waals surface area (Å²) >= 11 is 1.55. The summed E-state index contributed by atoms with van der Waals surface area (Å²) in [6.45, 7) is 2.59. The van der Waals surface area contributed by atoms with E-state index in [9.17, 15) is 0 Å². The molecule has 0 aliphatic heterocycles. The molecule has 0 N–H and O–H groups in total. The zero-order valence-corrected chi connectivity index (χ0v) is 19.4. The average molecular weight is 471 g/mol. The highest BCUT2D eigenvalue weighted by Gasteiger charge is 2.30. The maximum Gasteiger partial charge on any atom is 0.253 e. The van der Waals surface area contributed by atoms with Crippen LogP contribution in [0, 0.1) is 6.92 Å². The third-order valence-corrected chi connectivity index (χ3v) is 6.74. The lowest BCUT2D eigenvalue weighted by atomic mass is 10.1. The minimum Gasteiger partial charge on any atom is -0.420 e. The molecule has 0 saturated heterocycles. The molecule has 2 aromatic carbocycles. The summed E-state index contributed by atoms with van der Waals surface area (Å²) in [5.41, 5.74) is 3.57. The molecule has 3 aromatic heterocycles. The molecule has 3 heterocycles. The van der Waals surface area contributed by atoms with Gasteiger partial charge in [0, 0.05) is 11.5 Å². The number of thioether (sulfide) groups is 1. The molecular formula is C25H22N6O2S. The van der Waals surface area contributed by atoms with Gasteiger partial charge in [0.15, 0.2) is 5.16 Å². The van der Waals surface area contributed by atoms with Crippen molar-refractivity contribution >= 4 is 11.8 Å². The highest BCUT2D eigenvalue weighted by Crippen LogP contribution is 2.40. The van der Waals surface area contributed by atoms with Crippen LogP contribution in [0.25, 0.3) is 22.7 Å². The number of rotatable bonds is 8. The van der Waals surface area contributed by atoms with Crippen LogP contribution in [-0.4, -0.2) is 30.1 Å². The fraction of sp³-hybridized carbons (Fsp3) is 0.240. The van der Waals surface area contributed by atoms with E-state index in [1.807, 2.05) is 43.3 Å². The second-order valence-electron chi connectivity index (χ2n) is 8.30. The minimum absolute atomic E-state index is 0.401. The number of benzene rings is 2. The first kappa shape index (κ1) is 20.9. The van der Waals surface area contributed by atoms with Crippen LogP contribution < -0.4 is 0 Å². The molecular weight excluding hydrogens is 448 g/mol. The first-order valence-electron chi connectivity index (χ1n) is 11.2. The molecule has 8 nitrogen and oxygen atoms in total. The van der Waals surface area contributed by atoms with Crippen LogP contribution in [0.3, 0.4) is 0 Å². The Kier molecular flexibility index (Phi) is 5.46. The molecule has 0 atom stereocenters. The summed E-state index contributed by atoms with van der Waals surface area (Å²) in [5.74, 6) is 3.62. The second-order valence-corrected chi connectivity index (χ2v) is 9.25. The van der Waals surface area contributed by atoms with Gasteiger partial charge >= 0.3 is 0 Å². The van der Waals surface area contributed by atoms with E-state index in [0.717, 1.165) is 28.7 Å². The predicted octanol–water partition coefficient (Wildman–Crippen LogP) is 5.51. The Balaban J connectivity index is 1.23. The minimum atomic E-state index is 0.401. The molecule has 1 fully saturated rings. The summed E-state index contributed by atoms with van der Waals surface area (Å²) in [6, 6.07) is 20.2. The van der Waals surface area contributed by atoms with E-state index in [0.29, 0.717) is 34.9 Å². The van der Waals surface area contributed by atoms with Crippen LogP contribution >= 0.6 is 11.8 Å². The summed E-state index contributed by atoms with van der Waals surface area (Å²) in [7, 11) is 0. The predicted molar refractivity (Wildman–Crippen MR) is 127 cm³/mol. The maximum absolute atomic E-state index is 6.02. The largest absolute Gasteiger partial charge is 0.420 e. The fourth-order valence-electron chi connectivity index (χ4n) is 3.92. The summed E-state index contributed by atoms with van der Waals surface area (Å²) in [5, 5.41) is 22.6. The van der Waals surface area contributed by atoms with Crippen molar-refractivity contribution in [3.05, 3.63) is 83.7 Å². The SMILES string of the molecule is Cc1onc(-c2ccccc2)c1-c1nnc(CSc2nnc(C3CC3)n2Cc2ccccc2)o1. The van der Waals surface area contributed by atoms with Crippen molar-refractivity contribution in [3.63, 3.8) is 0 Å². The van der Waals surface area contributed by atoms with E-state index in [-0.39, 0.29) is 0 Å². The molecule has 9 heteroatoms. The van der Waals surface area contributed by atoms with Gasteiger partial charge in [0.05, 0.1) is 12.3 Å². The summed E-state index contributed by atoms with van der Waals surface area (Å²) < 4.78 is 13.7. The van der Waals surface area contributed by atoms with Crippen LogP contribution in [0.4, 0.5) is 0 Å². The zero-order chi connectivity index (χ0) is 22.9. The van der Waals surface area contributed by atoms with Crippen molar-refractivity contribution in [1.82, 2.24) is 30.1 Å². The Morgan fingerprint density at radius 1 is 0.941 bits per heavy atom. The standard InChI is InChI=1S/C25H22N6O2S/c1-16-21(22(30-33-16)18-10-6-3-7-11-18)24-28-26-20(32-24)15-34-25-29-27-23(19-12-13-19)31(25)14-17-8-4-2-5-9-17/h2-11,19H,12-15H2,1H3. The molecule has 6 rings (SSSR count). The molecule has 170 valence electrons. The van der Waals surface area contributed by atoms with Gasteiger partial charge in [-0.3, -0.25) is 0 Å². The summed E-state index contributed by atoms with van der Waals surface area (Å²) in [6.07, 6.45) is 2.35. The Labute approximate surface area is 200 Å². The molecule has 1 saturated carbocycles. The van der Waals surface area contributed by atoms with Gasteiger partial charge in [0.25, 0.3) is 5.89 Å².